The van der Waals surface area contributed by atoms with Crippen molar-refractivity contribution in [1.29, 1.82) is 0 Å². The minimum absolute atomic E-state index is 0.000397. The van der Waals surface area contributed by atoms with Crippen LogP contribution in [-0.2, 0) is 20.9 Å². The maximum absolute atomic E-state index is 13.1. The summed E-state index contributed by atoms with van der Waals surface area (Å²) in [7, 11) is 1.39. The highest BCUT2D eigenvalue weighted by Gasteiger charge is 2.41. The molecule has 3 aliphatic rings. The Morgan fingerprint density at radius 1 is 1.17 bits per heavy atom. The van der Waals surface area contributed by atoms with Crippen LogP contribution in [0, 0.1) is 0 Å². The molecule has 1 atom stereocenters. The van der Waals surface area contributed by atoms with Gasteiger partial charge in [0.25, 0.3) is 0 Å². The number of hydrogen-bond acceptors (Lipinski definition) is 8. The molecule has 5 rings (SSSR count). The van der Waals surface area contributed by atoms with Crippen molar-refractivity contribution in [1.82, 2.24) is 15.1 Å². The van der Waals surface area contributed by atoms with Gasteiger partial charge in [0, 0.05) is 31.4 Å². The summed E-state index contributed by atoms with van der Waals surface area (Å²) in [5.74, 6) is -0.394. The quantitative estimate of drug-likeness (QED) is 0.533. The minimum Gasteiger partial charge on any atom is -0.466 e. The van der Waals surface area contributed by atoms with Crippen molar-refractivity contribution in [3.05, 3.63) is 80.7 Å². The zero-order valence-electron chi connectivity index (χ0n) is 20.5. The number of piperidine rings is 1. The Morgan fingerprint density at radius 3 is 2.64 bits per heavy atom. The number of benzene rings is 1. The van der Waals surface area contributed by atoms with Gasteiger partial charge in [-0.2, -0.15) is 11.3 Å². The summed E-state index contributed by atoms with van der Waals surface area (Å²) >= 11 is 3.07. The summed E-state index contributed by atoms with van der Waals surface area (Å²) in [6, 6.07) is 12.3. The number of aliphatic imine (C=N–C) groups is 1. The summed E-state index contributed by atoms with van der Waals surface area (Å²) in [6.45, 7) is 4.72. The van der Waals surface area contributed by atoms with Gasteiger partial charge in [-0.05, 0) is 53.1 Å². The molecular formula is C27H30N4O3S2. The van der Waals surface area contributed by atoms with Crippen LogP contribution < -0.4 is 5.32 Å². The lowest BCUT2D eigenvalue weighted by Crippen LogP contribution is -2.45. The molecule has 0 bridgehead atoms. The standard InChI is InChI=1S/C27H30N4O3S2/c1-18-24(26(33)34-2)25(20-10-13-35-16-20)31-22(17-36-27(31)28-18)14-23(32)29-21-8-11-30(12-9-21)15-19-6-4-3-5-7-19/h3-7,10,13,16-17,21,25H,8-9,11-12,14-15H2,1-2H3,(H,29,32)/t25-/m0/s1. The molecule has 0 spiro atoms. The van der Waals surface area contributed by atoms with Crippen LogP contribution in [0.2, 0.25) is 0 Å². The number of amides is 1. The molecule has 1 fully saturated rings. The molecule has 36 heavy (non-hydrogen) atoms. The molecular weight excluding hydrogens is 492 g/mol. The summed E-state index contributed by atoms with van der Waals surface area (Å²) in [6.07, 6.45) is 2.12. The molecule has 4 heterocycles. The van der Waals surface area contributed by atoms with E-state index in [1.807, 2.05) is 40.1 Å². The maximum Gasteiger partial charge on any atom is 0.338 e. The molecule has 0 saturated carbocycles. The van der Waals surface area contributed by atoms with Gasteiger partial charge < -0.3 is 15.0 Å². The Bertz CT molecular complexity index is 1200. The highest BCUT2D eigenvalue weighted by atomic mass is 32.2. The van der Waals surface area contributed by atoms with Crippen LogP contribution >= 0.6 is 23.1 Å². The van der Waals surface area contributed by atoms with Crippen molar-refractivity contribution in [3.63, 3.8) is 0 Å². The van der Waals surface area contributed by atoms with E-state index in [0.29, 0.717) is 11.3 Å². The number of allylic oxidation sites excluding steroid dienone is 1. The second kappa shape index (κ2) is 11.0. The van der Waals surface area contributed by atoms with Gasteiger partial charge in [-0.3, -0.25) is 9.69 Å². The van der Waals surface area contributed by atoms with E-state index in [2.05, 4.69) is 39.5 Å². The predicted octanol–water partition coefficient (Wildman–Crippen LogP) is 4.67. The number of nitrogens with one attached hydrogen (secondary N) is 1. The largest absolute Gasteiger partial charge is 0.466 e. The number of carbonyl (C=O) groups excluding carboxylic acids is 2. The van der Waals surface area contributed by atoms with E-state index in [-0.39, 0.29) is 24.4 Å². The fraction of sp³-hybridized carbons (Fsp3) is 0.370. The van der Waals surface area contributed by atoms with Gasteiger partial charge in [0.05, 0.1) is 30.8 Å². The van der Waals surface area contributed by atoms with E-state index in [1.54, 1.807) is 11.3 Å². The van der Waals surface area contributed by atoms with E-state index in [9.17, 15) is 9.59 Å². The van der Waals surface area contributed by atoms with E-state index < -0.39 is 5.97 Å². The molecule has 3 aliphatic heterocycles. The average molecular weight is 523 g/mol. The molecule has 1 N–H and O–H groups in total. The van der Waals surface area contributed by atoms with Crippen molar-refractivity contribution in [2.45, 2.75) is 44.8 Å². The van der Waals surface area contributed by atoms with Crippen LogP contribution in [0.1, 0.15) is 43.4 Å². The van der Waals surface area contributed by atoms with Gasteiger partial charge in [-0.1, -0.05) is 42.1 Å². The van der Waals surface area contributed by atoms with E-state index in [0.717, 1.165) is 48.9 Å². The SMILES string of the molecule is COC(=O)C1=C(C)N=C2SC=C(CC(=O)NC3CCN(Cc4ccccc4)CC3)N2[C@H]1c1ccsc1. The fourth-order valence-corrected chi connectivity index (χ4v) is 6.65. The van der Waals surface area contributed by atoms with Crippen LogP contribution in [0.3, 0.4) is 0 Å². The van der Waals surface area contributed by atoms with Gasteiger partial charge in [-0.15, -0.1) is 0 Å². The van der Waals surface area contributed by atoms with Crippen molar-refractivity contribution in [3.8, 4) is 0 Å². The van der Waals surface area contributed by atoms with Gasteiger partial charge in [-0.25, -0.2) is 9.79 Å². The fourth-order valence-electron chi connectivity index (χ4n) is 5.01. The maximum atomic E-state index is 13.1. The Morgan fingerprint density at radius 2 is 1.94 bits per heavy atom. The number of likely N-dealkylation sites (tertiary alicyclic amines) is 1. The number of thiophene rings is 1. The minimum atomic E-state index is -0.394. The third-order valence-corrected chi connectivity index (χ3v) is 8.40. The zero-order chi connectivity index (χ0) is 25.1. The van der Waals surface area contributed by atoms with Gasteiger partial charge in [0.2, 0.25) is 5.91 Å². The van der Waals surface area contributed by atoms with E-state index in [1.165, 1.54) is 24.4 Å². The Kier molecular flexibility index (Phi) is 7.59. The number of esters is 1. The van der Waals surface area contributed by atoms with Gasteiger partial charge in [0.1, 0.15) is 0 Å². The Labute approximate surface area is 219 Å². The number of methoxy groups -OCH3 is 1. The third-order valence-electron chi connectivity index (χ3n) is 6.81. The third kappa shape index (κ3) is 5.28. The summed E-state index contributed by atoms with van der Waals surface area (Å²) in [5, 5.41) is 10.0. The molecule has 9 heteroatoms. The number of nitrogens with zero attached hydrogens (tertiary/aromatic N) is 3. The monoisotopic (exact) mass is 522 g/mol. The van der Waals surface area contributed by atoms with Gasteiger partial charge in [0.15, 0.2) is 5.17 Å². The van der Waals surface area contributed by atoms with Crippen LogP contribution in [0.4, 0.5) is 0 Å². The number of amidine groups is 1. The molecule has 1 aromatic carbocycles. The highest BCUT2D eigenvalue weighted by molar-refractivity contribution is 8.16. The lowest BCUT2D eigenvalue weighted by Gasteiger charge is -2.36. The molecule has 1 saturated heterocycles. The van der Waals surface area contributed by atoms with Crippen LogP contribution in [0.25, 0.3) is 0 Å². The smallest absolute Gasteiger partial charge is 0.338 e. The number of rotatable bonds is 7. The molecule has 0 unspecified atom stereocenters. The Balaban J connectivity index is 1.22. The molecule has 1 amide bonds. The van der Waals surface area contributed by atoms with Crippen molar-refractivity contribution in [2.24, 2.45) is 4.99 Å². The first-order valence-corrected chi connectivity index (χ1v) is 14.0. The normalized spacial score (nSPS) is 20.6. The van der Waals surface area contributed by atoms with Crippen molar-refractivity contribution >= 4 is 40.1 Å². The molecule has 1 aromatic heterocycles. The number of hydrogen-bond donors (Lipinski definition) is 1. The second-order valence-corrected chi connectivity index (χ2v) is 10.8. The lowest BCUT2D eigenvalue weighted by molar-refractivity contribution is -0.136. The number of ether oxygens (including phenoxy) is 1. The van der Waals surface area contributed by atoms with Crippen molar-refractivity contribution < 1.29 is 14.3 Å². The summed E-state index contributed by atoms with van der Waals surface area (Å²) < 4.78 is 5.10. The number of thioether (sulfide) groups is 1. The average Bonchev–Trinajstić information content (AvgIpc) is 3.55. The topological polar surface area (TPSA) is 74.2 Å². The number of fused-ring (bicyclic) bond motifs is 1. The Hall–Kier alpha value is -2.88. The highest BCUT2D eigenvalue weighted by Crippen LogP contribution is 2.45. The van der Waals surface area contributed by atoms with Crippen LogP contribution in [0.15, 0.2) is 74.5 Å². The summed E-state index contributed by atoms with van der Waals surface area (Å²) in [4.78, 5) is 35.0. The zero-order valence-corrected chi connectivity index (χ0v) is 22.1. The predicted molar refractivity (Wildman–Crippen MR) is 144 cm³/mol. The van der Waals surface area contributed by atoms with Gasteiger partial charge >= 0.3 is 5.97 Å². The molecule has 188 valence electrons. The first kappa shape index (κ1) is 24.8. The van der Waals surface area contributed by atoms with Crippen LogP contribution in [0.5, 0.6) is 0 Å². The first-order chi connectivity index (χ1) is 17.5. The van der Waals surface area contributed by atoms with E-state index >= 15 is 0 Å². The van der Waals surface area contributed by atoms with E-state index in [4.69, 9.17) is 4.74 Å². The molecule has 0 aliphatic carbocycles. The lowest BCUT2D eigenvalue weighted by atomic mass is 9.96. The molecule has 2 aromatic rings. The molecule has 0 radical (unpaired) electrons. The first-order valence-electron chi connectivity index (χ1n) is 12.1. The number of carbonyl (C=O) groups is 2. The second-order valence-electron chi connectivity index (χ2n) is 9.22. The summed E-state index contributed by atoms with van der Waals surface area (Å²) in [5.41, 5.74) is 4.33. The molecule has 7 nitrogen and oxygen atoms in total. The van der Waals surface area contributed by atoms with Crippen molar-refractivity contribution in [2.75, 3.05) is 20.2 Å². The van der Waals surface area contributed by atoms with Crippen LogP contribution in [-0.4, -0.2) is 53.1 Å².